The number of amides is 2. The van der Waals surface area contributed by atoms with Gasteiger partial charge in [0.15, 0.2) is 0 Å². The summed E-state index contributed by atoms with van der Waals surface area (Å²) in [7, 11) is 1.66. The molecular weight excluding hydrogens is 368 g/mol. The molecule has 7 nitrogen and oxygen atoms in total. The average Bonchev–Trinajstić information content (AvgIpc) is 2.79. The maximum Gasteiger partial charge on any atom is 0.272 e. The summed E-state index contributed by atoms with van der Waals surface area (Å²) in [6, 6.07) is 12.9. The monoisotopic (exact) mass is 396 g/mol. The second kappa shape index (κ2) is 9.91. The topological polar surface area (TPSA) is 74.8 Å². The van der Waals surface area contributed by atoms with Gasteiger partial charge in [-0.3, -0.25) is 9.59 Å². The Morgan fingerprint density at radius 1 is 1.03 bits per heavy atom. The van der Waals surface area contributed by atoms with Crippen LogP contribution in [0.3, 0.4) is 0 Å². The number of piperazine rings is 1. The fourth-order valence-corrected chi connectivity index (χ4v) is 3.35. The summed E-state index contributed by atoms with van der Waals surface area (Å²) in [5, 5.41) is 2.84. The first-order chi connectivity index (χ1) is 14.1. The fourth-order valence-electron chi connectivity index (χ4n) is 3.35. The van der Waals surface area contributed by atoms with Gasteiger partial charge in [0.2, 0.25) is 0 Å². The fraction of sp³-hybridized carbons (Fsp3) is 0.409. The van der Waals surface area contributed by atoms with E-state index in [1.165, 1.54) is 0 Å². The first-order valence-corrected chi connectivity index (χ1v) is 10.1. The van der Waals surface area contributed by atoms with E-state index in [4.69, 9.17) is 4.74 Å². The number of pyridine rings is 1. The highest BCUT2D eigenvalue weighted by molar-refractivity contribution is 5.96. The lowest BCUT2D eigenvalue weighted by atomic mass is 10.2. The van der Waals surface area contributed by atoms with Gasteiger partial charge in [-0.05, 0) is 30.7 Å². The van der Waals surface area contributed by atoms with Crippen LogP contribution in [-0.2, 0) is 0 Å². The second-order valence-corrected chi connectivity index (χ2v) is 6.97. The van der Waals surface area contributed by atoms with Gasteiger partial charge >= 0.3 is 0 Å². The molecule has 0 spiro atoms. The number of anilines is 1. The molecule has 2 heterocycles. The van der Waals surface area contributed by atoms with Crippen molar-refractivity contribution in [3.8, 4) is 5.75 Å². The molecule has 1 aromatic carbocycles. The molecular formula is C22H28N4O3. The molecule has 1 aromatic heterocycles. The summed E-state index contributed by atoms with van der Waals surface area (Å²) in [5.41, 5.74) is 1.62. The van der Waals surface area contributed by atoms with Crippen LogP contribution in [0.15, 0.2) is 42.5 Å². The van der Waals surface area contributed by atoms with Crippen molar-refractivity contribution in [2.24, 2.45) is 0 Å². The third-order valence-electron chi connectivity index (χ3n) is 5.01. The molecule has 1 fully saturated rings. The number of para-hydroxylation sites is 2. The number of aromatic nitrogens is 1. The van der Waals surface area contributed by atoms with Gasteiger partial charge in [0.25, 0.3) is 11.8 Å². The van der Waals surface area contributed by atoms with Crippen molar-refractivity contribution in [3.05, 3.63) is 53.9 Å². The zero-order valence-electron chi connectivity index (χ0n) is 17.1. The molecule has 1 aliphatic rings. The molecule has 3 rings (SSSR count). The normalized spacial score (nSPS) is 13.9. The van der Waals surface area contributed by atoms with Crippen LogP contribution >= 0.6 is 0 Å². The van der Waals surface area contributed by atoms with Crippen LogP contribution in [0.25, 0.3) is 0 Å². The van der Waals surface area contributed by atoms with E-state index in [-0.39, 0.29) is 17.5 Å². The molecule has 29 heavy (non-hydrogen) atoms. The Bertz CT molecular complexity index is 847. The van der Waals surface area contributed by atoms with Gasteiger partial charge in [0.05, 0.1) is 12.8 Å². The van der Waals surface area contributed by atoms with Crippen LogP contribution in [0.5, 0.6) is 5.75 Å². The highest BCUT2D eigenvalue weighted by Gasteiger charge is 2.25. The predicted molar refractivity (Wildman–Crippen MR) is 113 cm³/mol. The second-order valence-electron chi connectivity index (χ2n) is 6.97. The summed E-state index contributed by atoms with van der Waals surface area (Å²) in [5.74, 6) is 0.442. The number of unbranched alkanes of at least 4 members (excludes halogenated alkanes) is 1. The van der Waals surface area contributed by atoms with E-state index >= 15 is 0 Å². The van der Waals surface area contributed by atoms with Crippen LogP contribution in [0.1, 0.15) is 40.7 Å². The van der Waals surface area contributed by atoms with E-state index in [0.29, 0.717) is 38.4 Å². The average molecular weight is 396 g/mol. The van der Waals surface area contributed by atoms with E-state index in [2.05, 4.69) is 22.1 Å². The van der Waals surface area contributed by atoms with Crippen LogP contribution < -0.4 is 15.0 Å². The van der Waals surface area contributed by atoms with Crippen LogP contribution in [0.4, 0.5) is 5.69 Å². The lowest BCUT2D eigenvalue weighted by molar-refractivity contribution is 0.0740. The molecule has 1 N–H and O–H groups in total. The number of benzene rings is 1. The number of carbonyl (C=O) groups excluding carboxylic acids is 2. The van der Waals surface area contributed by atoms with Crippen LogP contribution in [0, 0.1) is 0 Å². The summed E-state index contributed by atoms with van der Waals surface area (Å²) < 4.78 is 5.44. The minimum atomic E-state index is -0.242. The summed E-state index contributed by atoms with van der Waals surface area (Å²) in [4.78, 5) is 33.4. The van der Waals surface area contributed by atoms with Crippen molar-refractivity contribution in [2.75, 3.05) is 44.7 Å². The van der Waals surface area contributed by atoms with Crippen LogP contribution in [-0.4, -0.2) is 61.5 Å². The maximum absolute atomic E-state index is 12.9. The number of ether oxygens (including phenoxy) is 1. The summed E-state index contributed by atoms with van der Waals surface area (Å²) in [6.07, 6.45) is 1.92. The van der Waals surface area contributed by atoms with Crippen molar-refractivity contribution in [2.45, 2.75) is 19.8 Å². The number of nitrogens with one attached hydrogen (secondary N) is 1. The van der Waals surface area contributed by atoms with Gasteiger partial charge in [-0.1, -0.05) is 31.5 Å². The molecule has 0 radical (unpaired) electrons. The van der Waals surface area contributed by atoms with Crippen molar-refractivity contribution >= 4 is 17.5 Å². The minimum Gasteiger partial charge on any atom is -0.495 e. The number of methoxy groups -OCH3 is 1. The first-order valence-electron chi connectivity index (χ1n) is 10.1. The maximum atomic E-state index is 12.9. The van der Waals surface area contributed by atoms with Gasteiger partial charge < -0.3 is 19.9 Å². The van der Waals surface area contributed by atoms with E-state index in [1.54, 1.807) is 30.2 Å². The van der Waals surface area contributed by atoms with Crippen LogP contribution in [0.2, 0.25) is 0 Å². The SMILES string of the molecule is CCCCNC(=O)c1cccc(C(=O)N2CCN(c3ccccc3OC)CC2)n1. The lowest BCUT2D eigenvalue weighted by Gasteiger charge is -2.36. The summed E-state index contributed by atoms with van der Waals surface area (Å²) >= 11 is 0. The van der Waals surface area contributed by atoms with Gasteiger partial charge in [0, 0.05) is 32.7 Å². The van der Waals surface area contributed by atoms with Crippen molar-refractivity contribution < 1.29 is 14.3 Å². The Morgan fingerprint density at radius 2 is 1.76 bits per heavy atom. The Balaban J connectivity index is 1.62. The molecule has 0 aliphatic carbocycles. The lowest BCUT2D eigenvalue weighted by Crippen LogP contribution is -2.49. The molecule has 154 valence electrons. The Hall–Kier alpha value is -3.09. The third kappa shape index (κ3) is 5.04. The Morgan fingerprint density at radius 3 is 2.48 bits per heavy atom. The van der Waals surface area contributed by atoms with E-state index < -0.39 is 0 Å². The quantitative estimate of drug-likeness (QED) is 0.728. The van der Waals surface area contributed by atoms with E-state index in [1.807, 2.05) is 24.3 Å². The number of hydrogen-bond acceptors (Lipinski definition) is 5. The molecule has 1 aliphatic heterocycles. The van der Waals surface area contributed by atoms with E-state index in [9.17, 15) is 9.59 Å². The van der Waals surface area contributed by atoms with Gasteiger partial charge in [-0.25, -0.2) is 4.98 Å². The molecule has 0 atom stereocenters. The zero-order valence-corrected chi connectivity index (χ0v) is 17.1. The third-order valence-corrected chi connectivity index (χ3v) is 5.01. The van der Waals surface area contributed by atoms with Crippen molar-refractivity contribution in [3.63, 3.8) is 0 Å². The molecule has 1 saturated heterocycles. The standard InChI is InChI=1S/C22H28N4O3/c1-3-4-12-23-21(27)17-8-7-9-18(24-17)22(28)26-15-13-25(14-16-26)19-10-5-6-11-20(19)29-2/h5-11H,3-4,12-16H2,1-2H3,(H,23,27). The highest BCUT2D eigenvalue weighted by atomic mass is 16.5. The van der Waals surface area contributed by atoms with Gasteiger partial charge in [-0.15, -0.1) is 0 Å². The summed E-state index contributed by atoms with van der Waals surface area (Å²) in [6.45, 7) is 5.28. The Labute approximate surface area is 171 Å². The van der Waals surface area contributed by atoms with Gasteiger partial charge in [0.1, 0.15) is 17.1 Å². The minimum absolute atomic E-state index is 0.145. The number of hydrogen-bond donors (Lipinski definition) is 1. The smallest absolute Gasteiger partial charge is 0.272 e. The number of rotatable bonds is 7. The van der Waals surface area contributed by atoms with Crippen molar-refractivity contribution in [1.29, 1.82) is 0 Å². The molecule has 7 heteroatoms. The zero-order chi connectivity index (χ0) is 20.6. The Kier molecular flexibility index (Phi) is 7.05. The van der Waals surface area contributed by atoms with Crippen molar-refractivity contribution in [1.82, 2.24) is 15.2 Å². The number of carbonyl (C=O) groups is 2. The molecule has 2 aromatic rings. The highest BCUT2D eigenvalue weighted by Crippen LogP contribution is 2.28. The number of nitrogens with zero attached hydrogens (tertiary/aromatic N) is 3. The largest absolute Gasteiger partial charge is 0.495 e. The molecule has 0 bridgehead atoms. The molecule has 2 amide bonds. The van der Waals surface area contributed by atoms with E-state index in [0.717, 1.165) is 24.3 Å². The first kappa shape index (κ1) is 20.6. The molecule has 0 saturated carbocycles. The molecule has 0 unspecified atom stereocenters. The predicted octanol–water partition coefficient (Wildman–Crippen LogP) is 2.58. The van der Waals surface area contributed by atoms with Gasteiger partial charge in [-0.2, -0.15) is 0 Å².